The minimum absolute atomic E-state index is 0.293. The zero-order chi connectivity index (χ0) is 15.8. The van der Waals surface area contributed by atoms with Gasteiger partial charge in [0.2, 0.25) is 0 Å². The molecular weight excluding hydrogens is 282 g/mol. The van der Waals surface area contributed by atoms with E-state index in [0.29, 0.717) is 65.9 Å². The predicted octanol–water partition coefficient (Wildman–Crippen LogP) is -0.499. The fraction of sp³-hybridized carbons (Fsp3) is 0.923. The Morgan fingerprint density at radius 2 is 1.24 bits per heavy atom. The third-order valence-electron chi connectivity index (χ3n) is 2.44. The van der Waals surface area contributed by atoms with Crippen molar-refractivity contribution in [1.82, 2.24) is 0 Å². The van der Waals surface area contributed by atoms with Crippen LogP contribution in [0.4, 0.5) is 0 Å². The first kappa shape index (κ1) is 20.2. The SMILES string of the molecule is COCCOCCOCCOCCOCCC(N)C(=O)O. The van der Waals surface area contributed by atoms with Crippen LogP contribution in [-0.4, -0.2) is 83.7 Å². The maximum atomic E-state index is 10.4. The third kappa shape index (κ3) is 15.4. The second-order valence-corrected chi connectivity index (χ2v) is 4.18. The normalized spacial score (nSPS) is 12.5. The molecule has 8 nitrogen and oxygen atoms in total. The van der Waals surface area contributed by atoms with E-state index in [4.69, 9.17) is 34.5 Å². The Balaban J connectivity index is 3.04. The first-order valence-corrected chi connectivity index (χ1v) is 6.96. The lowest BCUT2D eigenvalue weighted by Gasteiger charge is -2.08. The number of carboxylic acid groups (broad SMARTS) is 1. The first-order valence-electron chi connectivity index (χ1n) is 6.96. The molecule has 1 unspecified atom stereocenters. The number of ether oxygens (including phenoxy) is 5. The summed E-state index contributed by atoms with van der Waals surface area (Å²) in [4.78, 5) is 10.4. The molecule has 0 saturated carbocycles. The Morgan fingerprint density at radius 1 is 0.857 bits per heavy atom. The molecule has 126 valence electrons. The molecular formula is C13H27NO7. The summed E-state index contributed by atoms with van der Waals surface area (Å²) in [6.45, 7) is 4.36. The van der Waals surface area contributed by atoms with Gasteiger partial charge in [0.1, 0.15) is 6.04 Å². The maximum absolute atomic E-state index is 10.4. The molecule has 0 bridgehead atoms. The molecule has 3 N–H and O–H groups in total. The minimum Gasteiger partial charge on any atom is -0.480 e. The molecule has 0 saturated heterocycles. The van der Waals surface area contributed by atoms with E-state index in [1.165, 1.54) is 0 Å². The van der Waals surface area contributed by atoms with Crippen LogP contribution >= 0.6 is 0 Å². The zero-order valence-corrected chi connectivity index (χ0v) is 12.6. The van der Waals surface area contributed by atoms with E-state index in [1.807, 2.05) is 0 Å². The fourth-order valence-electron chi connectivity index (χ4n) is 1.24. The lowest BCUT2D eigenvalue weighted by molar-refractivity contribution is -0.139. The number of nitrogens with two attached hydrogens (primary N) is 1. The molecule has 0 aliphatic heterocycles. The van der Waals surface area contributed by atoms with E-state index in [2.05, 4.69) is 0 Å². The average Bonchev–Trinajstić information content (AvgIpc) is 2.47. The highest BCUT2D eigenvalue weighted by Crippen LogP contribution is 1.90. The van der Waals surface area contributed by atoms with Crippen molar-refractivity contribution in [3.8, 4) is 0 Å². The molecule has 0 aromatic carbocycles. The topological polar surface area (TPSA) is 109 Å². The van der Waals surface area contributed by atoms with E-state index < -0.39 is 12.0 Å². The first-order chi connectivity index (χ1) is 10.2. The summed E-state index contributed by atoms with van der Waals surface area (Å²) in [6.07, 6.45) is 0.293. The van der Waals surface area contributed by atoms with Crippen molar-refractivity contribution in [3.05, 3.63) is 0 Å². The summed E-state index contributed by atoms with van der Waals surface area (Å²) >= 11 is 0. The zero-order valence-electron chi connectivity index (χ0n) is 12.6. The summed E-state index contributed by atoms with van der Waals surface area (Å²) in [7, 11) is 1.63. The number of hydrogen-bond acceptors (Lipinski definition) is 7. The van der Waals surface area contributed by atoms with Gasteiger partial charge in [-0.3, -0.25) is 4.79 Å². The molecule has 0 aliphatic rings. The van der Waals surface area contributed by atoms with Gasteiger partial charge in [0.15, 0.2) is 0 Å². The molecule has 0 aromatic rings. The van der Waals surface area contributed by atoms with Crippen LogP contribution < -0.4 is 5.73 Å². The van der Waals surface area contributed by atoms with Gasteiger partial charge in [-0.25, -0.2) is 0 Å². The van der Waals surface area contributed by atoms with Crippen molar-refractivity contribution < 1.29 is 33.6 Å². The molecule has 0 heterocycles. The van der Waals surface area contributed by atoms with Crippen molar-refractivity contribution in [2.24, 2.45) is 5.73 Å². The summed E-state index contributed by atoms with van der Waals surface area (Å²) in [5.74, 6) is -1.02. The van der Waals surface area contributed by atoms with E-state index in [0.717, 1.165) is 0 Å². The average molecular weight is 309 g/mol. The van der Waals surface area contributed by atoms with Gasteiger partial charge in [0.05, 0.1) is 52.9 Å². The molecule has 8 heteroatoms. The van der Waals surface area contributed by atoms with Gasteiger partial charge < -0.3 is 34.5 Å². The van der Waals surface area contributed by atoms with Crippen LogP contribution in [0.3, 0.4) is 0 Å². The van der Waals surface area contributed by atoms with Gasteiger partial charge >= 0.3 is 5.97 Å². The number of rotatable bonds is 16. The Morgan fingerprint density at radius 3 is 1.62 bits per heavy atom. The lowest BCUT2D eigenvalue weighted by Crippen LogP contribution is -2.31. The summed E-state index contributed by atoms with van der Waals surface area (Å²) < 4.78 is 25.8. The predicted molar refractivity (Wildman–Crippen MR) is 75.4 cm³/mol. The van der Waals surface area contributed by atoms with Crippen LogP contribution in [0.5, 0.6) is 0 Å². The monoisotopic (exact) mass is 309 g/mol. The smallest absolute Gasteiger partial charge is 0.320 e. The van der Waals surface area contributed by atoms with Crippen LogP contribution in [-0.2, 0) is 28.5 Å². The number of carbonyl (C=O) groups is 1. The number of methoxy groups -OCH3 is 1. The molecule has 0 rings (SSSR count). The molecule has 0 spiro atoms. The quantitative estimate of drug-likeness (QED) is 0.367. The number of hydrogen-bond donors (Lipinski definition) is 2. The number of aliphatic carboxylic acids is 1. The van der Waals surface area contributed by atoms with Crippen LogP contribution in [0.1, 0.15) is 6.42 Å². The summed E-state index contributed by atoms with van der Waals surface area (Å²) in [5, 5.41) is 8.55. The van der Waals surface area contributed by atoms with E-state index >= 15 is 0 Å². The van der Waals surface area contributed by atoms with E-state index in [9.17, 15) is 4.79 Å². The molecule has 0 radical (unpaired) electrons. The third-order valence-corrected chi connectivity index (χ3v) is 2.44. The van der Waals surface area contributed by atoms with Crippen molar-refractivity contribution >= 4 is 5.97 Å². The molecule has 1 atom stereocenters. The minimum atomic E-state index is -1.02. The Bertz CT molecular complexity index is 241. The van der Waals surface area contributed by atoms with Gasteiger partial charge in [-0.05, 0) is 6.42 Å². The van der Waals surface area contributed by atoms with Gasteiger partial charge in [0.25, 0.3) is 0 Å². The molecule has 0 fully saturated rings. The summed E-state index contributed by atoms with van der Waals surface area (Å²) in [5.41, 5.74) is 5.32. The molecule has 0 aliphatic carbocycles. The Kier molecular flexibility index (Phi) is 15.0. The van der Waals surface area contributed by atoms with Crippen LogP contribution in [0, 0.1) is 0 Å². The Labute approximate surface area is 125 Å². The largest absolute Gasteiger partial charge is 0.480 e. The maximum Gasteiger partial charge on any atom is 0.320 e. The highest BCUT2D eigenvalue weighted by molar-refractivity contribution is 5.72. The highest BCUT2D eigenvalue weighted by atomic mass is 16.6. The van der Waals surface area contributed by atoms with Crippen LogP contribution in [0.25, 0.3) is 0 Å². The fourth-order valence-corrected chi connectivity index (χ4v) is 1.24. The second-order valence-electron chi connectivity index (χ2n) is 4.18. The van der Waals surface area contributed by atoms with E-state index in [-0.39, 0.29) is 0 Å². The van der Waals surface area contributed by atoms with Crippen LogP contribution in [0.2, 0.25) is 0 Å². The number of carboxylic acids is 1. The van der Waals surface area contributed by atoms with Gasteiger partial charge in [-0.1, -0.05) is 0 Å². The summed E-state index contributed by atoms with van der Waals surface area (Å²) in [6, 6.07) is -0.870. The van der Waals surface area contributed by atoms with Gasteiger partial charge in [-0.15, -0.1) is 0 Å². The lowest BCUT2D eigenvalue weighted by atomic mass is 10.2. The van der Waals surface area contributed by atoms with Crippen molar-refractivity contribution in [1.29, 1.82) is 0 Å². The van der Waals surface area contributed by atoms with E-state index in [1.54, 1.807) is 7.11 Å². The highest BCUT2D eigenvalue weighted by Gasteiger charge is 2.09. The van der Waals surface area contributed by atoms with Crippen molar-refractivity contribution in [2.75, 3.05) is 66.6 Å². The molecule has 0 aromatic heterocycles. The van der Waals surface area contributed by atoms with Crippen molar-refractivity contribution in [3.63, 3.8) is 0 Å². The van der Waals surface area contributed by atoms with Gasteiger partial charge in [-0.2, -0.15) is 0 Å². The molecule has 0 amide bonds. The van der Waals surface area contributed by atoms with Crippen LogP contribution in [0.15, 0.2) is 0 Å². The van der Waals surface area contributed by atoms with Crippen molar-refractivity contribution in [2.45, 2.75) is 12.5 Å². The van der Waals surface area contributed by atoms with Gasteiger partial charge in [0, 0.05) is 13.7 Å². The second kappa shape index (κ2) is 15.6. The molecule has 21 heavy (non-hydrogen) atoms. The Hall–Kier alpha value is -0.770. The standard InChI is InChI=1S/C13H27NO7/c1-17-4-5-19-8-9-21-11-10-20-7-6-18-3-2-12(14)13(15)16/h12H,2-11,14H2,1H3,(H,15,16).